The summed E-state index contributed by atoms with van der Waals surface area (Å²) >= 11 is 0. The molecule has 0 heterocycles. The van der Waals surface area contributed by atoms with E-state index in [2.05, 4.69) is 5.32 Å². The second-order valence-corrected chi connectivity index (χ2v) is 1.75. The lowest BCUT2D eigenvalue weighted by molar-refractivity contribution is 0.515. The molecule has 1 radical (unpaired) electrons. The fourth-order valence-corrected chi connectivity index (χ4v) is 0.551. The van der Waals surface area contributed by atoms with Crippen molar-refractivity contribution in [3.63, 3.8) is 0 Å². The van der Waals surface area contributed by atoms with Gasteiger partial charge in [-0.25, -0.2) is 0 Å². The average Bonchev–Trinajstić information content (AvgIpc) is 1.83. The molecule has 2 nitrogen and oxygen atoms in total. The van der Waals surface area contributed by atoms with E-state index in [4.69, 9.17) is 0 Å². The maximum Gasteiger partial charge on any atom is 0.216 e. The van der Waals surface area contributed by atoms with Crippen molar-refractivity contribution < 1.29 is 4.79 Å². The van der Waals surface area contributed by atoms with Gasteiger partial charge >= 0.3 is 0 Å². The Balaban J connectivity index is 3.21. The average molecular weight is 114 g/mol. The van der Waals surface area contributed by atoms with Crippen molar-refractivity contribution in [1.82, 2.24) is 5.32 Å². The van der Waals surface area contributed by atoms with Gasteiger partial charge in [-0.1, -0.05) is 13.3 Å². The summed E-state index contributed by atoms with van der Waals surface area (Å²) in [5.74, 6) is 0. The molecular weight excluding hydrogens is 102 g/mol. The minimum Gasteiger partial charge on any atom is -0.310 e. The topological polar surface area (TPSA) is 29.1 Å². The highest BCUT2D eigenvalue weighted by atomic mass is 16.1. The third kappa shape index (κ3) is 2.75. The molecule has 0 aliphatic rings. The van der Waals surface area contributed by atoms with Crippen LogP contribution in [0.1, 0.15) is 19.8 Å². The van der Waals surface area contributed by atoms with E-state index < -0.39 is 0 Å². The van der Waals surface area contributed by atoms with Crippen LogP contribution in [0.2, 0.25) is 0 Å². The van der Waals surface area contributed by atoms with E-state index in [0.29, 0.717) is 0 Å². The highest BCUT2D eigenvalue weighted by Crippen LogP contribution is 1.90. The van der Waals surface area contributed by atoms with E-state index in [1.165, 1.54) is 0 Å². The first kappa shape index (κ1) is 7.63. The first-order valence-corrected chi connectivity index (χ1v) is 2.90. The summed E-state index contributed by atoms with van der Waals surface area (Å²) in [6, 6.07) is -0.0556. The van der Waals surface area contributed by atoms with Crippen molar-refractivity contribution in [2.45, 2.75) is 25.8 Å². The van der Waals surface area contributed by atoms with E-state index in [9.17, 15) is 4.79 Å². The van der Waals surface area contributed by atoms with Crippen LogP contribution in [0.4, 0.5) is 0 Å². The van der Waals surface area contributed by atoms with E-state index in [-0.39, 0.29) is 6.04 Å². The summed E-state index contributed by atoms with van der Waals surface area (Å²) in [6.07, 6.45) is 3.81. The van der Waals surface area contributed by atoms with Gasteiger partial charge < -0.3 is 5.32 Å². The zero-order valence-corrected chi connectivity index (χ0v) is 5.40. The van der Waals surface area contributed by atoms with Crippen molar-refractivity contribution >= 4 is 6.29 Å². The quantitative estimate of drug-likeness (QED) is 0.576. The van der Waals surface area contributed by atoms with Gasteiger partial charge in [0.1, 0.15) is 0 Å². The molecule has 1 N–H and O–H groups in total. The number of hydrogen-bond acceptors (Lipinski definition) is 2. The van der Waals surface area contributed by atoms with E-state index in [1.54, 1.807) is 7.05 Å². The number of carbonyl (C=O) groups excluding carboxylic acids is 1. The van der Waals surface area contributed by atoms with E-state index in [1.807, 2.05) is 13.2 Å². The fraction of sp³-hybridized carbons (Fsp3) is 0.833. The van der Waals surface area contributed by atoms with Crippen LogP contribution in [0.5, 0.6) is 0 Å². The predicted octanol–water partition coefficient (Wildman–Crippen LogP) is 0.484. The van der Waals surface area contributed by atoms with Gasteiger partial charge in [-0.2, -0.15) is 0 Å². The van der Waals surface area contributed by atoms with Gasteiger partial charge in [-0.15, -0.1) is 0 Å². The summed E-state index contributed by atoms with van der Waals surface area (Å²) < 4.78 is 0. The summed E-state index contributed by atoms with van der Waals surface area (Å²) in [7, 11) is 1.77. The van der Waals surface area contributed by atoms with Gasteiger partial charge in [-0.3, -0.25) is 4.79 Å². The molecule has 0 aromatic heterocycles. The second-order valence-electron chi connectivity index (χ2n) is 1.75. The molecule has 0 rings (SSSR count). The number of likely N-dealkylation sites (N-methyl/N-ethyl adjacent to an activating group) is 1. The highest BCUT2D eigenvalue weighted by Gasteiger charge is 2.00. The van der Waals surface area contributed by atoms with Crippen LogP contribution in [-0.4, -0.2) is 19.4 Å². The lowest BCUT2D eigenvalue weighted by atomic mass is 10.2. The van der Waals surface area contributed by atoms with E-state index in [0.717, 1.165) is 12.8 Å². The first-order valence-electron chi connectivity index (χ1n) is 2.90. The molecule has 0 aliphatic heterocycles. The lowest BCUT2D eigenvalue weighted by Gasteiger charge is -2.02. The smallest absolute Gasteiger partial charge is 0.216 e. The molecule has 1 atom stereocenters. The zero-order chi connectivity index (χ0) is 6.41. The number of hydrogen-bond donors (Lipinski definition) is 1. The predicted molar refractivity (Wildman–Crippen MR) is 33.4 cm³/mol. The molecule has 0 aliphatic carbocycles. The monoisotopic (exact) mass is 114 g/mol. The third-order valence-corrected chi connectivity index (χ3v) is 1.07. The maximum absolute atomic E-state index is 9.94. The van der Waals surface area contributed by atoms with Gasteiger partial charge in [0.05, 0.1) is 6.04 Å². The second kappa shape index (κ2) is 4.78. The summed E-state index contributed by atoms with van der Waals surface area (Å²) in [5, 5.41) is 2.83. The normalized spacial score (nSPS) is 13.2. The minimum atomic E-state index is -0.0556. The van der Waals surface area contributed by atoms with Gasteiger partial charge in [-0.05, 0) is 13.5 Å². The maximum atomic E-state index is 9.94. The molecule has 0 bridgehead atoms. The van der Waals surface area contributed by atoms with Crippen LogP contribution >= 0.6 is 0 Å². The van der Waals surface area contributed by atoms with E-state index >= 15 is 0 Å². The van der Waals surface area contributed by atoms with Gasteiger partial charge in [0.15, 0.2) is 0 Å². The molecule has 0 saturated carbocycles. The molecule has 0 amide bonds. The molecule has 0 spiro atoms. The standard InChI is InChI=1S/C6H12NO/c1-3-4-6(5-8)7-2/h6-7H,3-4H2,1-2H3/t6-/m0/s1. The Hall–Kier alpha value is -0.370. The highest BCUT2D eigenvalue weighted by molar-refractivity contribution is 5.58. The third-order valence-electron chi connectivity index (χ3n) is 1.07. The molecule has 0 aromatic carbocycles. The number of nitrogens with one attached hydrogen (secondary N) is 1. The molecule has 8 heavy (non-hydrogen) atoms. The lowest BCUT2D eigenvalue weighted by Crippen LogP contribution is -2.25. The van der Waals surface area contributed by atoms with Crippen molar-refractivity contribution in [2.24, 2.45) is 0 Å². The molecular formula is C6H12NO. The molecule has 0 saturated heterocycles. The van der Waals surface area contributed by atoms with Crippen molar-refractivity contribution in [3.8, 4) is 0 Å². The summed E-state index contributed by atoms with van der Waals surface area (Å²) in [4.78, 5) is 9.94. The van der Waals surface area contributed by atoms with Crippen molar-refractivity contribution in [1.29, 1.82) is 0 Å². The molecule has 0 fully saturated rings. The Bertz CT molecular complexity index is 63.5. The van der Waals surface area contributed by atoms with Crippen LogP contribution in [0.15, 0.2) is 0 Å². The Morgan fingerprint density at radius 2 is 2.38 bits per heavy atom. The Kier molecular flexibility index (Phi) is 4.56. The largest absolute Gasteiger partial charge is 0.310 e. The van der Waals surface area contributed by atoms with Crippen LogP contribution in [0.25, 0.3) is 0 Å². The van der Waals surface area contributed by atoms with Gasteiger partial charge in [0.2, 0.25) is 6.29 Å². The Morgan fingerprint density at radius 1 is 1.75 bits per heavy atom. The van der Waals surface area contributed by atoms with Crippen LogP contribution < -0.4 is 5.32 Å². The molecule has 47 valence electrons. The Morgan fingerprint density at radius 3 is 2.50 bits per heavy atom. The Labute approximate surface area is 50.3 Å². The zero-order valence-electron chi connectivity index (χ0n) is 5.40. The molecule has 0 unspecified atom stereocenters. The molecule has 2 heteroatoms. The van der Waals surface area contributed by atoms with Crippen molar-refractivity contribution in [3.05, 3.63) is 0 Å². The van der Waals surface area contributed by atoms with Crippen LogP contribution in [-0.2, 0) is 4.79 Å². The summed E-state index contributed by atoms with van der Waals surface area (Å²) in [5.41, 5.74) is 0. The summed E-state index contributed by atoms with van der Waals surface area (Å²) in [6.45, 7) is 2.04. The van der Waals surface area contributed by atoms with Gasteiger partial charge in [0, 0.05) is 0 Å². The minimum absolute atomic E-state index is 0.0556. The van der Waals surface area contributed by atoms with Crippen LogP contribution in [0.3, 0.4) is 0 Å². The van der Waals surface area contributed by atoms with Crippen LogP contribution in [0, 0.1) is 0 Å². The fourth-order valence-electron chi connectivity index (χ4n) is 0.551. The number of rotatable bonds is 4. The first-order chi connectivity index (χ1) is 3.85. The van der Waals surface area contributed by atoms with Crippen molar-refractivity contribution in [2.75, 3.05) is 7.05 Å². The molecule has 0 aromatic rings. The van der Waals surface area contributed by atoms with Gasteiger partial charge in [0.25, 0.3) is 0 Å². The SMILES string of the molecule is CCC[C@@H]([C]=O)NC.